The molecule has 1 N–H and O–H groups in total. The van der Waals surface area contributed by atoms with Crippen LogP contribution in [-0.2, 0) is 9.53 Å². The van der Waals surface area contributed by atoms with Crippen LogP contribution in [0.15, 0.2) is 24.3 Å². The van der Waals surface area contributed by atoms with E-state index in [9.17, 15) is 9.18 Å². The first-order valence-electron chi connectivity index (χ1n) is 7.72. The first-order chi connectivity index (χ1) is 10.1. The van der Waals surface area contributed by atoms with Gasteiger partial charge in [-0.3, -0.25) is 0 Å². The van der Waals surface area contributed by atoms with E-state index in [4.69, 9.17) is 4.74 Å². The van der Waals surface area contributed by atoms with Crippen molar-refractivity contribution in [2.24, 2.45) is 5.92 Å². The Morgan fingerprint density at radius 1 is 1.43 bits per heavy atom. The molecule has 0 heterocycles. The molecule has 0 aliphatic heterocycles. The molecule has 1 aliphatic carbocycles. The van der Waals surface area contributed by atoms with Gasteiger partial charge in [-0.05, 0) is 49.8 Å². The van der Waals surface area contributed by atoms with Crippen LogP contribution in [-0.4, -0.2) is 18.6 Å². The first kappa shape index (κ1) is 15.8. The lowest BCUT2D eigenvalue weighted by Crippen LogP contribution is -2.49. The highest BCUT2D eigenvalue weighted by atomic mass is 19.1. The van der Waals surface area contributed by atoms with Crippen molar-refractivity contribution in [3.63, 3.8) is 0 Å². The Labute approximate surface area is 125 Å². The number of nitrogens with one attached hydrogen (secondary N) is 1. The van der Waals surface area contributed by atoms with Crippen molar-refractivity contribution in [3.05, 3.63) is 30.1 Å². The van der Waals surface area contributed by atoms with Crippen LogP contribution in [0.25, 0.3) is 0 Å². The monoisotopic (exact) mass is 293 g/mol. The minimum atomic E-state index is -0.715. The highest BCUT2D eigenvalue weighted by Gasteiger charge is 2.42. The summed E-state index contributed by atoms with van der Waals surface area (Å²) in [5.41, 5.74) is -0.0818. The van der Waals surface area contributed by atoms with Gasteiger partial charge < -0.3 is 10.1 Å². The largest absolute Gasteiger partial charge is 0.467 e. The number of benzene rings is 1. The lowest BCUT2D eigenvalue weighted by Gasteiger charge is -2.39. The zero-order valence-electron chi connectivity index (χ0n) is 12.8. The molecule has 1 aromatic rings. The molecule has 0 amide bonds. The van der Waals surface area contributed by atoms with Crippen molar-refractivity contribution < 1.29 is 13.9 Å². The minimum Gasteiger partial charge on any atom is -0.467 e. The molecule has 21 heavy (non-hydrogen) atoms. The molecule has 4 heteroatoms. The van der Waals surface area contributed by atoms with Crippen LogP contribution in [0, 0.1) is 11.7 Å². The van der Waals surface area contributed by atoms with Gasteiger partial charge in [0.05, 0.1) is 7.11 Å². The van der Waals surface area contributed by atoms with Crippen LogP contribution in [0.2, 0.25) is 0 Å². The molecular weight excluding hydrogens is 269 g/mol. The van der Waals surface area contributed by atoms with E-state index in [1.807, 2.05) is 0 Å². The number of methoxy groups -OCH3 is 1. The summed E-state index contributed by atoms with van der Waals surface area (Å²) in [7, 11) is 1.41. The molecule has 1 saturated carbocycles. The maximum atomic E-state index is 13.3. The zero-order chi connectivity index (χ0) is 15.3. The SMILES string of the molecule is CCCC1CCC(Nc2cccc(F)c2)(C(=O)OC)CC1. The zero-order valence-corrected chi connectivity index (χ0v) is 12.8. The number of esters is 1. The summed E-state index contributed by atoms with van der Waals surface area (Å²) in [5, 5.41) is 3.23. The summed E-state index contributed by atoms with van der Waals surface area (Å²) in [6, 6.07) is 6.24. The molecule has 0 aromatic heterocycles. The summed E-state index contributed by atoms with van der Waals surface area (Å²) >= 11 is 0. The molecule has 0 spiro atoms. The number of hydrogen-bond acceptors (Lipinski definition) is 3. The Morgan fingerprint density at radius 2 is 2.14 bits per heavy atom. The average Bonchev–Trinajstić information content (AvgIpc) is 2.49. The number of anilines is 1. The van der Waals surface area contributed by atoms with Crippen molar-refractivity contribution in [2.75, 3.05) is 12.4 Å². The number of rotatable bonds is 5. The van der Waals surface area contributed by atoms with Crippen molar-refractivity contribution in [1.29, 1.82) is 0 Å². The number of ether oxygens (including phenoxy) is 1. The number of hydrogen-bond donors (Lipinski definition) is 1. The van der Waals surface area contributed by atoms with Gasteiger partial charge in [-0.15, -0.1) is 0 Å². The van der Waals surface area contributed by atoms with E-state index in [2.05, 4.69) is 12.2 Å². The highest BCUT2D eigenvalue weighted by Crippen LogP contribution is 2.37. The van der Waals surface area contributed by atoms with Crippen molar-refractivity contribution in [2.45, 2.75) is 51.0 Å². The molecule has 1 aliphatic rings. The summed E-state index contributed by atoms with van der Waals surface area (Å²) in [5.74, 6) is 0.128. The molecule has 0 unspecified atom stereocenters. The predicted octanol–water partition coefficient (Wildman–Crippen LogP) is 4.14. The first-order valence-corrected chi connectivity index (χ1v) is 7.72. The molecule has 0 atom stereocenters. The van der Waals surface area contributed by atoms with E-state index < -0.39 is 5.54 Å². The fourth-order valence-corrected chi connectivity index (χ4v) is 3.29. The van der Waals surface area contributed by atoms with Crippen LogP contribution < -0.4 is 5.32 Å². The highest BCUT2D eigenvalue weighted by molar-refractivity contribution is 5.84. The van der Waals surface area contributed by atoms with E-state index >= 15 is 0 Å². The van der Waals surface area contributed by atoms with Gasteiger partial charge in [0.1, 0.15) is 11.4 Å². The predicted molar refractivity (Wildman–Crippen MR) is 81.6 cm³/mol. The topological polar surface area (TPSA) is 38.3 Å². The van der Waals surface area contributed by atoms with E-state index in [0.29, 0.717) is 11.6 Å². The fourth-order valence-electron chi connectivity index (χ4n) is 3.29. The van der Waals surface area contributed by atoms with Gasteiger partial charge in [-0.25, -0.2) is 9.18 Å². The molecule has 0 saturated heterocycles. The molecule has 0 radical (unpaired) electrons. The molecule has 2 rings (SSSR count). The van der Waals surface area contributed by atoms with Gasteiger partial charge in [-0.2, -0.15) is 0 Å². The van der Waals surface area contributed by atoms with Gasteiger partial charge in [0, 0.05) is 5.69 Å². The molecular formula is C17H24FNO2. The second-order valence-corrected chi connectivity index (χ2v) is 5.94. The Morgan fingerprint density at radius 3 is 2.71 bits per heavy atom. The van der Waals surface area contributed by atoms with E-state index in [1.54, 1.807) is 12.1 Å². The Bertz CT molecular complexity index is 481. The van der Waals surface area contributed by atoms with E-state index in [1.165, 1.54) is 32.1 Å². The summed E-state index contributed by atoms with van der Waals surface area (Å²) in [4.78, 5) is 12.3. The van der Waals surface area contributed by atoms with E-state index in [-0.39, 0.29) is 11.8 Å². The van der Waals surface area contributed by atoms with Gasteiger partial charge >= 0.3 is 5.97 Å². The number of halogens is 1. The van der Waals surface area contributed by atoms with Crippen LogP contribution in [0.4, 0.5) is 10.1 Å². The smallest absolute Gasteiger partial charge is 0.331 e. The molecule has 1 fully saturated rings. The third-order valence-electron chi connectivity index (χ3n) is 4.44. The number of carbonyl (C=O) groups is 1. The minimum absolute atomic E-state index is 0.248. The molecule has 0 bridgehead atoms. The summed E-state index contributed by atoms with van der Waals surface area (Å²) in [6.45, 7) is 2.19. The Balaban J connectivity index is 2.14. The maximum Gasteiger partial charge on any atom is 0.331 e. The fraction of sp³-hybridized carbons (Fsp3) is 0.588. The second kappa shape index (κ2) is 6.92. The lowest BCUT2D eigenvalue weighted by atomic mass is 9.75. The van der Waals surface area contributed by atoms with Crippen molar-refractivity contribution in [1.82, 2.24) is 0 Å². The standard InChI is InChI=1S/C17H24FNO2/c1-3-5-13-8-10-17(11-9-13,16(20)21-2)19-15-7-4-6-14(18)12-15/h4,6-7,12-13,19H,3,5,8-11H2,1-2H3. The molecule has 3 nitrogen and oxygen atoms in total. The maximum absolute atomic E-state index is 13.3. The van der Waals surface area contributed by atoms with Gasteiger partial charge in [0.2, 0.25) is 0 Å². The van der Waals surface area contributed by atoms with Crippen LogP contribution in [0.1, 0.15) is 45.4 Å². The van der Waals surface area contributed by atoms with Crippen LogP contribution >= 0.6 is 0 Å². The Hall–Kier alpha value is -1.58. The van der Waals surface area contributed by atoms with Crippen LogP contribution in [0.5, 0.6) is 0 Å². The Kier molecular flexibility index (Phi) is 5.21. The third kappa shape index (κ3) is 3.74. The molecule has 116 valence electrons. The third-order valence-corrected chi connectivity index (χ3v) is 4.44. The van der Waals surface area contributed by atoms with Crippen molar-refractivity contribution >= 4 is 11.7 Å². The number of carbonyl (C=O) groups excluding carboxylic acids is 1. The summed E-state index contributed by atoms with van der Waals surface area (Å²) < 4.78 is 18.3. The quantitative estimate of drug-likeness (QED) is 0.829. The summed E-state index contributed by atoms with van der Waals surface area (Å²) in [6.07, 6.45) is 5.86. The molecule has 1 aromatic carbocycles. The second-order valence-electron chi connectivity index (χ2n) is 5.94. The average molecular weight is 293 g/mol. The van der Waals surface area contributed by atoms with Gasteiger partial charge in [0.15, 0.2) is 0 Å². The van der Waals surface area contributed by atoms with Crippen LogP contribution in [0.3, 0.4) is 0 Å². The van der Waals surface area contributed by atoms with E-state index in [0.717, 1.165) is 25.7 Å². The normalized spacial score (nSPS) is 25.4. The van der Waals surface area contributed by atoms with Gasteiger partial charge in [-0.1, -0.05) is 25.8 Å². The lowest BCUT2D eigenvalue weighted by molar-refractivity contribution is -0.147. The van der Waals surface area contributed by atoms with Gasteiger partial charge in [0.25, 0.3) is 0 Å². The van der Waals surface area contributed by atoms with Crippen molar-refractivity contribution in [3.8, 4) is 0 Å².